The number of phenols is 1. The monoisotopic (exact) mass is 512 g/mol. The fourth-order valence-corrected chi connectivity index (χ4v) is 4.79. The molecule has 5 N–H and O–H groups in total. The van der Waals surface area contributed by atoms with Crippen LogP contribution in [0.15, 0.2) is 48.5 Å². The molecule has 1 heterocycles. The molecule has 0 aliphatic carbocycles. The fourth-order valence-electron chi connectivity index (χ4n) is 4.79. The van der Waals surface area contributed by atoms with Crippen molar-refractivity contribution >= 4 is 16.6 Å². The predicted molar refractivity (Wildman–Crippen MR) is 135 cm³/mol. The first-order chi connectivity index (χ1) is 17.6. The summed E-state index contributed by atoms with van der Waals surface area (Å²) in [6.45, 7) is 3.04. The number of carbonyl (C=O) groups is 1. The lowest BCUT2D eigenvalue weighted by atomic mass is 9.92. The number of rotatable bonds is 8. The Bertz CT molecular complexity index is 1260. The normalized spacial score (nSPS) is 24.6. The second kappa shape index (κ2) is 11.0. The van der Waals surface area contributed by atoms with Crippen molar-refractivity contribution in [2.45, 2.75) is 63.5 Å². The average molecular weight is 513 g/mol. The Balaban J connectivity index is 1.65. The van der Waals surface area contributed by atoms with Gasteiger partial charge in [0.25, 0.3) is 0 Å². The molecule has 198 valence electrons. The fraction of sp³-hybridized carbons (Fsp3) is 0.393. The van der Waals surface area contributed by atoms with Crippen LogP contribution in [0.25, 0.3) is 10.8 Å². The third kappa shape index (κ3) is 5.41. The largest absolute Gasteiger partial charge is 0.506 e. The van der Waals surface area contributed by atoms with E-state index in [-0.39, 0.29) is 34.7 Å². The highest BCUT2D eigenvalue weighted by Crippen LogP contribution is 2.42. The third-order valence-corrected chi connectivity index (χ3v) is 6.73. The van der Waals surface area contributed by atoms with Crippen molar-refractivity contribution in [3.05, 3.63) is 65.2 Å². The summed E-state index contributed by atoms with van der Waals surface area (Å²) in [7, 11) is 1.45. The SMILES string of the molecule is COc1cc(OC2OC(C(O)CCc3ccccc3)C(O)C(O)C2O)c2c(O)c(C(C)=O)c(C)cc2c1. The van der Waals surface area contributed by atoms with Crippen LogP contribution in [0.2, 0.25) is 0 Å². The number of methoxy groups -OCH3 is 1. The molecular weight excluding hydrogens is 480 g/mol. The highest BCUT2D eigenvalue weighted by atomic mass is 16.7. The molecule has 0 radical (unpaired) electrons. The topological polar surface area (TPSA) is 146 Å². The maximum Gasteiger partial charge on any atom is 0.229 e. The molecule has 6 atom stereocenters. The summed E-state index contributed by atoms with van der Waals surface area (Å²) in [6.07, 6.45) is -8.12. The van der Waals surface area contributed by atoms with E-state index in [2.05, 4.69) is 0 Å². The average Bonchev–Trinajstić information content (AvgIpc) is 2.87. The van der Waals surface area contributed by atoms with E-state index in [1.807, 2.05) is 30.3 Å². The van der Waals surface area contributed by atoms with Gasteiger partial charge in [-0.2, -0.15) is 0 Å². The molecule has 6 unspecified atom stereocenters. The van der Waals surface area contributed by atoms with Gasteiger partial charge in [-0.05, 0) is 49.3 Å². The van der Waals surface area contributed by atoms with Crippen LogP contribution in [0.3, 0.4) is 0 Å². The number of fused-ring (bicyclic) bond motifs is 1. The Kier molecular flexibility index (Phi) is 8.01. The van der Waals surface area contributed by atoms with Gasteiger partial charge in [0.15, 0.2) is 5.78 Å². The molecule has 0 aromatic heterocycles. The Morgan fingerprint density at radius 1 is 1.05 bits per heavy atom. The minimum atomic E-state index is -1.67. The van der Waals surface area contributed by atoms with Crippen molar-refractivity contribution in [3.8, 4) is 17.2 Å². The molecule has 3 aromatic carbocycles. The first kappa shape index (κ1) is 26.8. The van der Waals surface area contributed by atoms with Crippen LogP contribution in [0.4, 0.5) is 0 Å². The number of aliphatic hydroxyl groups is 4. The standard InChI is InChI=1S/C28H32O9/c1-14-11-17-12-18(35-3)13-20(22(17)23(31)21(14)15(2)29)36-28-26(34)24(32)25(33)27(37-28)19(30)10-9-16-7-5-4-6-8-16/h4-8,11-13,19,24-28,30-34H,9-10H2,1-3H3. The van der Waals surface area contributed by atoms with Gasteiger partial charge in [0, 0.05) is 6.07 Å². The maximum atomic E-state index is 12.2. The molecule has 1 fully saturated rings. The second-order valence-corrected chi connectivity index (χ2v) is 9.35. The summed E-state index contributed by atoms with van der Waals surface area (Å²) in [6, 6.07) is 14.3. The number of aliphatic hydroxyl groups excluding tert-OH is 4. The number of Topliss-reactive ketones (excluding diaryl/α,β-unsaturated/α-hetero) is 1. The van der Waals surface area contributed by atoms with E-state index in [0.29, 0.717) is 23.1 Å². The summed E-state index contributed by atoms with van der Waals surface area (Å²) in [5.74, 6) is -0.236. The molecule has 4 rings (SSSR count). The van der Waals surface area contributed by atoms with E-state index in [1.54, 1.807) is 19.1 Å². The van der Waals surface area contributed by atoms with Gasteiger partial charge >= 0.3 is 0 Å². The molecule has 9 nitrogen and oxygen atoms in total. The number of ether oxygens (including phenoxy) is 3. The van der Waals surface area contributed by atoms with Crippen LogP contribution in [-0.2, 0) is 11.2 Å². The smallest absolute Gasteiger partial charge is 0.229 e. The summed E-state index contributed by atoms with van der Waals surface area (Å²) in [4.78, 5) is 12.2. The Labute approximate surface area is 214 Å². The number of hydrogen-bond acceptors (Lipinski definition) is 9. The van der Waals surface area contributed by atoms with Crippen molar-refractivity contribution < 1.29 is 44.5 Å². The van der Waals surface area contributed by atoms with Crippen molar-refractivity contribution in [3.63, 3.8) is 0 Å². The van der Waals surface area contributed by atoms with Gasteiger partial charge in [-0.25, -0.2) is 0 Å². The lowest BCUT2D eigenvalue weighted by Crippen LogP contribution is -2.62. The van der Waals surface area contributed by atoms with E-state index in [0.717, 1.165) is 5.56 Å². The van der Waals surface area contributed by atoms with Crippen LogP contribution >= 0.6 is 0 Å². The van der Waals surface area contributed by atoms with Gasteiger partial charge < -0.3 is 39.7 Å². The van der Waals surface area contributed by atoms with E-state index < -0.39 is 36.8 Å². The van der Waals surface area contributed by atoms with Crippen LogP contribution < -0.4 is 9.47 Å². The van der Waals surface area contributed by atoms with Gasteiger partial charge in [0.05, 0.1) is 24.2 Å². The Morgan fingerprint density at radius 3 is 2.41 bits per heavy atom. The van der Waals surface area contributed by atoms with Gasteiger partial charge in [-0.1, -0.05) is 36.4 Å². The zero-order chi connectivity index (χ0) is 26.9. The maximum absolute atomic E-state index is 12.2. The van der Waals surface area contributed by atoms with Crippen molar-refractivity contribution in [2.24, 2.45) is 0 Å². The zero-order valence-corrected chi connectivity index (χ0v) is 20.9. The lowest BCUT2D eigenvalue weighted by molar-refractivity contribution is -0.288. The molecular formula is C28H32O9. The van der Waals surface area contributed by atoms with Gasteiger partial charge in [-0.15, -0.1) is 0 Å². The molecule has 0 bridgehead atoms. The number of benzene rings is 3. The first-order valence-electron chi connectivity index (χ1n) is 12.1. The zero-order valence-electron chi connectivity index (χ0n) is 20.9. The molecule has 0 amide bonds. The molecule has 1 aliphatic rings. The molecule has 37 heavy (non-hydrogen) atoms. The summed E-state index contributed by atoms with van der Waals surface area (Å²) < 4.78 is 17.1. The minimum Gasteiger partial charge on any atom is -0.506 e. The number of phenolic OH excluding ortho intramolecular Hbond substituents is 1. The molecule has 3 aromatic rings. The molecule has 0 spiro atoms. The number of aryl methyl sites for hydroxylation is 2. The molecule has 0 saturated carbocycles. The van der Waals surface area contributed by atoms with Crippen molar-refractivity contribution in [2.75, 3.05) is 7.11 Å². The summed E-state index contributed by atoms with van der Waals surface area (Å²) in [5.41, 5.74) is 1.67. The van der Waals surface area contributed by atoms with Crippen molar-refractivity contribution in [1.29, 1.82) is 0 Å². The van der Waals surface area contributed by atoms with Gasteiger partial charge in [0.1, 0.15) is 41.7 Å². The highest BCUT2D eigenvalue weighted by Gasteiger charge is 2.47. The highest BCUT2D eigenvalue weighted by molar-refractivity contribution is 6.07. The molecule has 1 saturated heterocycles. The van der Waals surface area contributed by atoms with E-state index >= 15 is 0 Å². The molecule has 9 heteroatoms. The van der Waals surface area contributed by atoms with E-state index in [4.69, 9.17) is 14.2 Å². The summed E-state index contributed by atoms with van der Waals surface area (Å²) >= 11 is 0. The van der Waals surface area contributed by atoms with E-state index in [9.17, 15) is 30.3 Å². The van der Waals surface area contributed by atoms with E-state index in [1.165, 1.54) is 20.1 Å². The molecule has 1 aliphatic heterocycles. The third-order valence-electron chi connectivity index (χ3n) is 6.73. The minimum absolute atomic E-state index is 0.0273. The van der Waals surface area contributed by atoms with Gasteiger partial charge in [-0.3, -0.25) is 4.79 Å². The van der Waals surface area contributed by atoms with Gasteiger partial charge in [0.2, 0.25) is 6.29 Å². The second-order valence-electron chi connectivity index (χ2n) is 9.35. The van der Waals surface area contributed by atoms with Crippen LogP contribution in [-0.4, -0.2) is 75.2 Å². The predicted octanol–water partition coefficient (Wildman–Crippen LogP) is 2.25. The number of carbonyl (C=O) groups excluding carboxylic acids is 1. The number of ketones is 1. The number of aromatic hydroxyl groups is 1. The van der Waals surface area contributed by atoms with Crippen LogP contribution in [0.1, 0.15) is 34.8 Å². The lowest BCUT2D eigenvalue weighted by Gasteiger charge is -2.42. The Hall–Kier alpha value is -3.21. The van der Waals surface area contributed by atoms with Crippen molar-refractivity contribution in [1.82, 2.24) is 0 Å². The van der Waals surface area contributed by atoms with Crippen LogP contribution in [0, 0.1) is 6.92 Å². The summed E-state index contributed by atoms with van der Waals surface area (Å²) in [5, 5.41) is 54.2. The Morgan fingerprint density at radius 2 is 1.76 bits per heavy atom. The first-order valence-corrected chi connectivity index (χ1v) is 12.1. The number of hydrogen-bond donors (Lipinski definition) is 5. The quantitative estimate of drug-likeness (QED) is 0.287. The van der Waals surface area contributed by atoms with Crippen LogP contribution in [0.5, 0.6) is 17.2 Å².